The lowest BCUT2D eigenvalue weighted by Crippen LogP contribution is -2.34. The molecule has 0 bridgehead atoms. The number of nitrogens with zero attached hydrogens (tertiary/aromatic N) is 4. The van der Waals surface area contributed by atoms with E-state index in [-0.39, 0.29) is 12.1 Å². The monoisotopic (exact) mass is 415 g/mol. The minimum atomic E-state index is -0.0207. The van der Waals surface area contributed by atoms with E-state index in [9.17, 15) is 0 Å². The first-order valence-electron chi connectivity index (χ1n) is 9.08. The quantitative estimate of drug-likeness (QED) is 0.624. The number of ether oxygens (including phenoxy) is 4. The number of rotatable bonds is 7. The number of anilines is 1. The molecular formula is C19H21N5O4S. The number of nitrogens with one attached hydrogen (secondary N) is 1. The Morgan fingerprint density at radius 2 is 2.14 bits per heavy atom. The van der Waals surface area contributed by atoms with Gasteiger partial charge in [0.15, 0.2) is 0 Å². The molecule has 1 N–H and O–H groups in total. The van der Waals surface area contributed by atoms with Gasteiger partial charge in [-0.1, -0.05) is 6.07 Å². The Balaban J connectivity index is 1.67. The number of thiophene rings is 1. The van der Waals surface area contributed by atoms with Gasteiger partial charge in [0.1, 0.15) is 0 Å². The fourth-order valence-corrected chi connectivity index (χ4v) is 3.58. The van der Waals surface area contributed by atoms with Crippen LogP contribution in [0.25, 0.3) is 21.8 Å². The summed E-state index contributed by atoms with van der Waals surface area (Å²) in [5, 5.41) is 5.24. The van der Waals surface area contributed by atoms with Crippen molar-refractivity contribution in [3.05, 3.63) is 29.8 Å². The molecule has 9 nitrogen and oxygen atoms in total. The first-order valence-corrected chi connectivity index (χ1v) is 9.96. The van der Waals surface area contributed by atoms with Crippen molar-refractivity contribution in [1.29, 1.82) is 0 Å². The Kier molecular flexibility index (Phi) is 6.13. The van der Waals surface area contributed by atoms with E-state index < -0.39 is 0 Å². The fourth-order valence-electron chi connectivity index (χ4n) is 2.85. The summed E-state index contributed by atoms with van der Waals surface area (Å²) >= 11 is 1.59. The van der Waals surface area contributed by atoms with Gasteiger partial charge in [0.2, 0.25) is 11.8 Å². The van der Waals surface area contributed by atoms with E-state index in [1.54, 1.807) is 30.7 Å². The molecule has 1 atom stereocenters. The van der Waals surface area contributed by atoms with Crippen LogP contribution in [0.5, 0.6) is 11.9 Å². The van der Waals surface area contributed by atoms with Crippen LogP contribution in [-0.2, 0) is 9.47 Å². The van der Waals surface area contributed by atoms with Crippen LogP contribution in [0.2, 0.25) is 0 Å². The molecule has 152 valence electrons. The van der Waals surface area contributed by atoms with Crippen molar-refractivity contribution in [2.75, 3.05) is 45.9 Å². The van der Waals surface area contributed by atoms with Crippen LogP contribution >= 0.6 is 11.3 Å². The maximum absolute atomic E-state index is 5.66. The molecular weight excluding hydrogens is 394 g/mol. The Morgan fingerprint density at radius 1 is 1.21 bits per heavy atom. The highest BCUT2D eigenvalue weighted by atomic mass is 32.1. The Labute approximate surface area is 172 Å². The molecule has 0 aliphatic carbocycles. The largest absolute Gasteiger partial charge is 0.481 e. The third-order valence-corrected chi connectivity index (χ3v) is 5.14. The zero-order chi connectivity index (χ0) is 20.1. The van der Waals surface area contributed by atoms with Crippen molar-refractivity contribution in [3.63, 3.8) is 0 Å². The van der Waals surface area contributed by atoms with Crippen molar-refractivity contribution in [2.45, 2.75) is 6.10 Å². The summed E-state index contributed by atoms with van der Waals surface area (Å²) in [6.45, 7) is 2.36. The smallest absolute Gasteiger partial charge is 0.320 e. The van der Waals surface area contributed by atoms with Gasteiger partial charge in [0.05, 0.1) is 56.4 Å². The minimum Gasteiger partial charge on any atom is -0.481 e. The minimum absolute atomic E-state index is 0.0207. The predicted molar refractivity (Wildman–Crippen MR) is 109 cm³/mol. The first kappa shape index (κ1) is 19.5. The van der Waals surface area contributed by atoms with Crippen LogP contribution in [0.4, 0.5) is 5.95 Å². The third-order valence-electron chi connectivity index (χ3n) is 4.27. The lowest BCUT2D eigenvalue weighted by molar-refractivity contribution is -0.0819. The Hall–Kier alpha value is -2.82. The van der Waals surface area contributed by atoms with Gasteiger partial charge in [-0.2, -0.15) is 9.97 Å². The zero-order valence-corrected chi connectivity index (χ0v) is 16.9. The predicted octanol–water partition coefficient (Wildman–Crippen LogP) is 2.51. The van der Waals surface area contributed by atoms with Crippen molar-refractivity contribution in [1.82, 2.24) is 19.9 Å². The van der Waals surface area contributed by atoms with Gasteiger partial charge in [-0.3, -0.25) is 0 Å². The maximum Gasteiger partial charge on any atom is 0.320 e. The maximum atomic E-state index is 5.66. The third kappa shape index (κ3) is 4.61. The van der Waals surface area contributed by atoms with E-state index in [0.717, 1.165) is 16.1 Å². The van der Waals surface area contributed by atoms with Crippen molar-refractivity contribution < 1.29 is 18.9 Å². The van der Waals surface area contributed by atoms with Crippen LogP contribution in [0, 0.1) is 0 Å². The molecule has 4 rings (SSSR count). The summed E-state index contributed by atoms with van der Waals surface area (Å²) in [6, 6.07) is 5.94. The molecule has 0 radical (unpaired) electrons. The molecule has 4 heterocycles. The molecule has 1 fully saturated rings. The molecule has 3 aromatic heterocycles. The summed E-state index contributed by atoms with van der Waals surface area (Å²) in [4.78, 5) is 18.8. The van der Waals surface area contributed by atoms with E-state index in [1.807, 2.05) is 17.5 Å². The molecule has 1 saturated heterocycles. The van der Waals surface area contributed by atoms with Crippen LogP contribution in [0.3, 0.4) is 0 Å². The van der Waals surface area contributed by atoms with E-state index in [2.05, 4.69) is 20.3 Å². The van der Waals surface area contributed by atoms with Crippen molar-refractivity contribution in [3.8, 4) is 33.7 Å². The standard InChI is InChI=1S/C19H21N5O4S/c1-25-16-8-14(22-19(23-16)26-2)13-10-21-18(20-9-12-11-27-5-6-28-12)24-17(13)15-4-3-7-29-15/h3-4,7-8,10,12H,5-6,9,11H2,1-2H3,(H,20,21,24)/t12-/m0/s1. The fraction of sp³-hybridized carbons (Fsp3) is 0.368. The molecule has 0 spiro atoms. The van der Waals surface area contributed by atoms with Gasteiger partial charge >= 0.3 is 6.01 Å². The van der Waals surface area contributed by atoms with E-state index in [0.29, 0.717) is 43.9 Å². The summed E-state index contributed by atoms with van der Waals surface area (Å²) in [6.07, 6.45) is 1.72. The number of hydrogen-bond donors (Lipinski definition) is 1. The topological polar surface area (TPSA) is 101 Å². The number of hydrogen-bond acceptors (Lipinski definition) is 10. The van der Waals surface area contributed by atoms with Crippen LogP contribution in [-0.4, -0.2) is 66.6 Å². The lowest BCUT2D eigenvalue weighted by atomic mass is 10.1. The molecule has 29 heavy (non-hydrogen) atoms. The first-order chi connectivity index (χ1) is 14.3. The highest BCUT2D eigenvalue weighted by Gasteiger charge is 2.18. The lowest BCUT2D eigenvalue weighted by Gasteiger charge is -2.23. The van der Waals surface area contributed by atoms with Gasteiger partial charge < -0.3 is 24.3 Å². The van der Waals surface area contributed by atoms with Crippen molar-refractivity contribution >= 4 is 17.3 Å². The van der Waals surface area contributed by atoms with Gasteiger partial charge in [-0.15, -0.1) is 11.3 Å². The molecule has 0 saturated carbocycles. The normalized spacial score (nSPS) is 16.4. The Bertz CT molecular complexity index is 926. The molecule has 1 aliphatic heterocycles. The average molecular weight is 415 g/mol. The molecule has 0 amide bonds. The van der Waals surface area contributed by atoms with Crippen LogP contribution < -0.4 is 14.8 Å². The van der Waals surface area contributed by atoms with E-state index >= 15 is 0 Å². The summed E-state index contributed by atoms with van der Waals surface area (Å²) in [5.41, 5.74) is 2.14. The molecule has 0 aromatic carbocycles. The molecule has 1 aliphatic rings. The number of aromatic nitrogens is 4. The van der Waals surface area contributed by atoms with Gasteiger partial charge in [-0.05, 0) is 11.4 Å². The second-order valence-electron chi connectivity index (χ2n) is 6.16. The van der Waals surface area contributed by atoms with Gasteiger partial charge in [-0.25, -0.2) is 9.97 Å². The molecule has 0 unspecified atom stereocenters. The second kappa shape index (κ2) is 9.12. The Morgan fingerprint density at radius 3 is 2.86 bits per heavy atom. The van der Waals surface area contributed by atoms with E-state index in [1.165, 1.54) is 7.11 Å². The van der Waals surface area contributed by atoms with E-state index in [4.69, 9.17) is 23.9 Å². The second-order valence-corrected chi connectivity index (χ2v) is 7.11. The molecule has 10 heteroatoms. The van der Waals surface area contributed by atoms with Gasteiger partial charge in [0, 0.05) is 24.4 Å². The SMILES string of the molecule is COc1cc(-c2cnc(NC[C@H]3COCCO3)nc2-c2cccs2)nc(OC)n1. The average Bonchev–Trinajstić information content (AvgIpc) is 3.32. The number of methoxy groups -OCH3 is 2. The highest BCUT2D eigenvalue weighted by molar-refractivity contribution is 7.13. The summed E-state index contributed by atoms with van der Waals surface area (Å²) in [5.74, 6) is 0.917. The van der Waals surface area contributed by atoms with Gasteiger partial charge in [0.25, 0.3) is 0 Å². The molecule has 3 aromatic rings. The highest BCUT2D eigenvalue weighted by Crippen LogP contribution is 2.34. The van der Waals surface area contributed by atoms with Crippen LogP contribution in [0.1, 0.15) is 0 Å². The van der Waals surface area contributed by atoms with Crippen LogP contribution in [0.15, 0.2) is 29.8 Å². The zero-order valence-electron chi connectivity index (χ0n) is 16.1. The summed E-state index contributed by atoms with van der Waals surface area (Å²) in [7, 11) is 3.06. The van der Waals surface area contributed by atoms with Crippen molar-refractivity contribution in [2.24, 2.45) is 0 Å². The summed E-state index contributed by atoms with van der Waals surface area (Å²) < 4.78 is 21.6.